The number of carboxylic acids is 1. The van der Waals surface area contributed by atoms with Gasteiger partial charge in [-0.25, -0.2) is 4.79 Å². The number of rotatable bonds is 6. The van der Waals surface area contributed by atoms with Crippen molar-refractivity contribution in [3.05, 3.63) is 59.2 Å². The molecule has 2 N–H and O–H groups in total. The van der Waals surface area contributed by atoms with E-state index >= 15 is 0 Å². The summed E-state index contributed by atoms with van der Waals surface area (Å²) in [6.07, 6.45) is -0.922. The summed E-state index contributed by atoms with van der Waals surface area (Å²) in [5.74, 6) is -0.972. The summed E-state index contributed by atoms with van der Waals surface area (Å²) < 4.78 is 5.49. The van der Waals surface area contributed by atoms with E-state index in [1.165, 1.54) is 0 Å². The molecule has 0 aromatic heterocycles. The van der Waals surface area contributed by atoms with Gasteiger partial charge < -0.3 is 15.2 Å². The number of nitrogens with one attached hydrogen (secondary N) is 1. The summed E-state index contributed by atoms with van der Waals surface area (Å²) in [5.41, 5.74) is 3.30. The SMILES string of the molecule is Cc1ccc(C)c(NC(=O)c2ccc(OC(C(=O)O)C(C)C)cc2)c1. The summed E-state index contributed by atoms with van der Waals surface area (Å²) in [7, 11) is 0. The van der Waals surface area contributed by atoms with Gasteiger partial charge in [-0.15, -0.1) is 0 Å². The number of hydrogen-bond donors (Lipinski definition) is 2. The van der Waals surface area contributed by atoms with Crippen LogP contribution in [0.1, 0.15) is 35.3 Å². The molecule has 1 amide bonds. The quantitative estimate of drug-likeness (QED) is 0.831. The number of carbonyl (C=O) groups is 2. The number of aryl methyl sites for hydroxylation is 2. The van der Waals surface area contributed by atoms with Gasteiger partial charge in [0.2, 0.25) is 0 Å². The topological polar surface area (TPSA) is 75.6 Å². The molecule has 0 radical (unpaired) electrons. The maximum absolute atomic E-state index is 12.4. The summed E-state index contributed by atoms with van der Waals surface area (Å²) in [6.45, 7) is 7.47. The maximum Gasteiger partial charge on any atom is 0.345 e. The molecule has 2 rings (SSSR count). The van der Waals surface area contributed by atoms with Crippen LogP contribution in [0.25, 0.3) is 0 Å². The van der Waals surface area contributed by atoms with Gasteiger partial charge in [0.15, 0.2) is 6.10 Å². The molecule has 0 bridgehead atoms. The van der Waals surface area contributed by atoms with Gasteiger partial charge in [-0.2, -0.15) is 0 Å². The van der Waals surface area contributed by atoms with E-state index in [9.17, 15) is 14.7 Å². The lowest BCUT2D eigenvalue weighted by atomic mass is 10.1. The van der Waals surface area contributed by atoms with Gasteiger partial charge in [0.1, 0.15) is 5.75 Å². The predicted molar refractivity (Wildman–Crippen MR) is 97.2 cm³/mol. The number of benzene rings is 2. The fourth-order valence-corrected chi connectivity index (χ4v) is 2.37. The first-order chi connectivity index (χ1) is 11.8. The van der Waals surface area contributed by atoms with Crippen LogP contribution >= 0.6 is 0 Å². The van der Waals surface area contributed by atoms with E-state index in [2.05, 4.69) is 5.32 Å². The highest BCUT2D eigenvalue weighted by atomic mass is 16.5. The highest BCUT2D eigenvalue weighted by Crippen LogP contribution is 2.20. The second kappa shape index (κ2) is 7.83. The highest BCUT2D eigenvalue weighted by molar-refractivity contribution is 6.04. The monoisotopic (exact) mass is 341 g/mol. The van der Waals surface area contributed by atoms with Gasteiger partial charge in [0, 0.05) is 17.2 Å². The Morgan fingerprint density at radius 3 is 2.24 bits per heavy atom. The summed E-state index contributed by atoms with van der Waals surface area (Å²) in [4.78, 5) is 23.6. The molecule has 0 aliphatic carbocycles. The molecule has 5 nitrogen and oxygen atoms in total. The zero-order valence-corrected chi connectivity index (χ0v) is 14.9. The molecule has 5 heteroatoms. The van der Waals surface area contributed by atoms with E-state index < -0.39 is 12.1 Å². The van der Waals surface area contributed by atoms with Gasteiger partial charge in [0.25, 0.3) is 5.91 Å². The van der Waals surface area contributed by atoms with Crippen molar-refractivity contribution >= 4 is 17.6 Å². The molecule has 2 aromatic rings. The molecule has 0 spiro atoms. The Morgan fingerprint density at radius 1 is 1.04 bits per heavy atom. The number of aliphatic carboxylic acids is 1. The van der Waals surface area contributed by atoms with Crippen LogP contribution in [0.4, 0.5) is 5.69 Å². The number of amides is 1. The van der Waals surface area contributed by atoms with Gasteiger partial charge in [-0.05, 0) is 55.3 Å². The van der Waals surface area contributed by atoms with E-state index in [1.54, 1.807) is 38.1 Å². The third-order valence-corrected chi connectivity index (χ3v) is 3.87. The van der Waals surface area contributed by atoms with Crippen LogP contribution < -0.4 is 10.1 Å². The molecule has 0 saturated carbocycles. The Morgan fingerprint density at radius 2 is 1.68 bits per heavy atom. The van der Waals surface area contributed by atoms with Crippen molar-refractivity contribution in [2.75, 3.05) is 5.32 Å². The molecule has 2 aromatic carbocycles. The van der Waals surface area contributed by atoms with E-state index in [-0.39, 0.29) is 11.8 Å². The minimum atomic E-state index is -1.01. The lowest BCUT2D eigenvalue weighted by molar-refractivity contribution is -0.147. The first kappa shape index (κ1) is 18.5. The average molecular weight is 341 g/mol. The van der Waals surface area contributed by atoms with E-state index in [0.29, 0.717) is 11.3 Å². The zero-order chi connectivity index (χ0) is 18.6. The minimum absolute atomic E-state index is 0.162. The molecule has 0 heterocycles. The van der Waals surface area contributed by atoms with Crippen molar-refractivity contribution in [2.45, 2.75) is 33.8 Å². The molecule has 0 fully saturated rings. The summed E-state index contributed by atoms with van der Waals surface area (Å²) in [6, 6.07) is 12.3. The van der Waals surface area contributed by atoms with Crippen molar-refractivity contribution in [3.63, 3.8) is 0 Å². The van der Waals surface area contributed by atoms with E-state index in [1.807, 2.05) is 32.0 Å². The Hall–Kier alpha value is -2.82. The van der Waals surface area contributed by atoms with Crippen molar-refractivity contribution in [1.82, 2.24) is 0 Å². The molecule has 0 aliphatic heterocycles. The first-order valence-electron chi connectivity index (χ1n) is 8.16. The molecule has 0 saturated heterocycles. The molecule has 25 heavy (non-hydrogen) atoms. The Bertz CT molecular complexity index is 766. The Balaban J connectivity index is 2.10. The summed E-state index contributed by atoms with van der Waals surface area (Å²) in [5, 5.41) is 12.1. The molecule has 0 aliphatic rings. The average Bonchev–Trinajstić information content (AvgIpc) is 2.56. The fourth-order valence-electron chi connectivity index (χ4n) is 2.37. The van der Waals surface area contributed by atoms with Crippen molar-refractivity contribution in [2.24, 2.45) is 5.92 Å². The summed E-state index contributed by atoms with van der Waals surface area (Å²) >= 11 is 0. The van der Waals surface area contributed by atoms with Gasteiger partial charge in [-0.1, -0.05) is 26.0 Å². The molecule has 1 unspecified atom stereocenters. The largest absolute Gasteiger partial charge is 0.478 e. The number of carboxylic acid groups (broad SMARTS) is 1. The lowest BCUT2D eigenvalue weighted by Crippen LogP contribution is -2.32. The van der Waals surface area contributed by atoms with Gasteiger partial charge in [-0.3, -0.25) is 4.79 Å². The predicted octanol–water partition coefficient (Wildman–Crippen LogP) is 4.04. The Labute approximate surface area is 147 Å². The van der Waals surface area contributed by atoms with Crippen molar-refractivity contribution < 1.29 is 19.4 Å². The Kier molecular flexibility index (Phi) is 5.80. The molecular formula is C20H23NO4. The van der Waals surface area contributed by atoms with Crippen LogP contribution in [0, 0.1) is 19.8 Å². The molecule has 132 valence electrons. The van der Waals surface area contributed by atoms with Crippen molar-refractivity contribution in [3.8, 4) is 5.75 Å². The highest BCUT2D eigenvalue weighted by Gasteiger charge is 2.23. The fraction of sp³-hybridized carbons (Fsp3) is 0.300. The second-order valence-electron chi connectivity index (χ2n) is 6.42. The minimum Gasteiger partial charge on any atom is -0.478 e. The van der Waals surface area contributed by atoms with Gasteiger partial charge in [0.05, 0.1) is 0 Å². The number of ether oxygens (including phenoxy) is 1. The third kappa shape index (κ3) is 4.83. The van der Waals surface area contributed by atoms with E-state index in [0.717, 1.165) is 16.8 Å². The molecule has 1 atom stereocenters. The smallest absolute Gasteiger partial charge is 0.345 e. The van der Waals surface area contributed by atoms with Crippen LogP contribution in [0.15, 0.2) is 42.5 Å². The van der Waals surface area contributed by atoms with Crippen molar-refractivity contribution in [1.29, 1.82) is 0 Å². The maximum atomic E-state index is 12.4. The standard InChI is InChI=1S/C20H23NO4/c1-12(2)18(20(23)24)25-16-9-7-15(8-10-16)19(22)21-17-11-13(3)5-6-14(17)4/h5-12,18H,1-4H3,(H,21,22)(H,23,24). The van der Waals surface area contributed by atoms with Crippen LogP contribution in [-0.2, 0) is 4.79 Å². The first-order valence-corrected chi connectivity index (χ1v) is 8.16. The number of carbonyl (C=O) groups excluding carboxylic acids is 1. The second-order valence-corrected chi connectivity index (χ2v) is 6.42. The van der Waals surface area contributed by atoms with Gasteiger partial charge >= 0.3 is 5.97 Å². The van der Waals surface area contributed by atoms with E-state index in [4.69, 9.17) is 4.74 Å². The number of anilines is 1. The van der Waals surface area contributed by atoms with Crippen LogP contribution in [0.3, 0.4) is 0 Å². The van der Waals surface area contributed by atoms with Crippen LogP contribution in [-0.4, -0.2) is 23.1 Å². The molecular weight excluding hydrogens is 318 g/mol. The van der Waals surface area contributed by atoms with Crippen LogP contribution in [0.5, 0.6) is 5.75 Å². The van der Waals surface area contributed by atoms with Crippen LogP contribution in [0.2, 0.25) is 0 Å². The third-order valence-electron chi connectivity index (χ3n) is 3.87. The lowest BCUT2D eigenvalue weighted by Gasteiger charge is -2.18. The number of hydrogen-bond acceptors (Lipinski definition) is 3. The normalized spacial score (nSPS) is 11.9. The zero-order valence-electron chi connectivity index (χ0n) is 14.9.